The van der Waals surface area contributed by atoms with Gasteiger partial charge in [0, 0.05) is 24.8 Å². The van der Waals surface area contributed by atoms with Gasteiger partial charge in [-0.3, -0.25) is 0 Å². The standard InChI is InChI=1S/C17H27N3/c1-2-15(18)12-14-7-5-10-19-17(14)20-11-9-13-6-3-4-8-16(13)20/h5,7,10,13,15-16H,2-4,6,8-9,11-12,18H2,1H3. The Morgan fingerprint density at radius 2 is 2.20 bits per heavy atom. The fraction of sp³-hybridized carbons (Fsp3) is 0.706. The molecule has 1 aromatic rings. The van der Waals surface area contributed by atoms with E-state index in [0.717, 1.165) is 24.8 Å². The van der Waals surface area contributed by atoms with Crippen molar-refractivity contribution in [2.24, 2.45) is 11.7 Å². The van der Waals surface area contributed by atoms with Crippen LogP contribution < -0.4 is 10.6 Å². The maximum Gasteiger partial charge on any atom is 0.132 e. The highest BCUT2D eigenvalue weighted by atomic mass is 15.2. The summed E-state index contributed by atoms with van der Waals surface area (Å²) in [7, 11) is 0. The molecule has 1 aromatic heterocycles. The van der Waals surface area contributed by atoms with Crippen LogP contribution in [0.25, 0.3) is 0 Å². The Kier molecular flexibility index (Phi) is 4.25. The van der Waals surface area contributed by atoms with Gasteiger partial charge in [0.1, 0.15) is 5.82 Å². The number of rotatable bonds is 4. The van der Waals surface area contributed by atoms with Gasteiger partial charge in [0.15, 0.2) is 0 Å². The fourth-order valence-electron chi connectivity index (χ4n) is 3.94. The molecule has 3 atom stereocenters. The highest BCUT2D eigenvalue weighted by Gasteiger charge is 2.36. The van der Waals surface area contributed by atoms with Crippen LogP contribution in [-0.4, -0.2) is 23.6 Å². The number of aromatic nitrogens is 1. The van der Waals surface area contributed by atoms with Gasteiger partial charge in [-0.05, 0) is 49.7 Å². The second kappa shape index (κ2) is 6.13. The molecule has 2 N–H and O–H groups in total. The van der Waals surface area contributed by atoms with E-state index in [4.69, 9.17) is 10.7 Å². The van der Waals surface area contributed by atoms with E-state index in [1.54, 1.807) is 0 Å². The van der Waals surface area contributed by atoms with E-state index in [9.17, 15) is 0 Å². The van der Waals surface area contributed by atoms with Crippen LogP contribution in [-0.2, 0) is 6.42 Å². The van der Waals surface area contributed by atoms with Crippen LogP contribution in [0, 0.1) is 5.92 Å². The summed E-state index contributed by atoms with van der Waals surface area (Å²) in [4.78, 5) is 7.29. The number of anilines is 1. The van der Waals surface area contributed by atoms with E-state index in [-0.39, 0.29) is 6.04 Å². The average Bonchev–Trinajstić information content (AvgIpc) is 2.91. The van der Waals surface area contributed by atoms with Crippen molar-refractivity contribution in [2.75, 3.05) is 11.4 Å². The largest absolute Gasteiger partial charge is 0.353 e. The minimum absolute atomic E-state index is 0.253. The third-order valence-corrected chi connectivity index (χ3v) is 5.16. The molecule has 2 heterocycles. The number of hydrogen-bond donors (Lipinski definition) is 1. The molecule has 2 fully saturated rings. The number of pyridine rings is 1. The quantitative estimate of drug-likeness (QED) is 0.916. The zero-order chi connectivity index (χ0) is 13.9. The van der Waals surface area contributed by atoms with Gasteiger partial charge in [0.25, 0.3) is 0 Å². The topological polar surface area (TPSA) is 42.1 Å². The van der Waals surface area contributed by atoms with Gasteiger partial charge in [0.2, 0.25) is 0 Å². The summed E-state index contributed by atoms with van der Waals surface area (Å²) in [5.74, 6) is 2.12. The molecule has 3 heteroatoms. The Labute approximate surface area is 122 Å². The molecular weight excluding hydrogens is 246 g/mol. The van der Waals surface area contributed by atoms with Crippen LogP contribution >= 0.6 is 0 Å². The summed E-state index contributed by atoms with van der Waals surface area (Å²) < 4.78 is 0. The highest BCUT2D eigenvalue weighted by molar-refractivity contribution is 5.49. The van der Waals surface area contributed by atoms with Crippen LogP contribution in [0.15, 0.2) is 18.3 Å². The minimum atomic E-state index is 0.253. The smallest absolute Gasteiger partial charge is 0.132 e. The Morgan fingerprint density at radius 3 is 3.05 bits per heavy atom. The Balaban J connectivity index is 1.82. The summed E-state index contributed by atoms with van der Waals surface area (Å²) in [6.45, 7) is 3.34. The molecule has 20 heavy (non-hydrogen) atoms. The van der Waals surface area contributed by atoms with Crippen molar-refractivity contribution in [2.45, 2.75) is 64.0 Å². The summed E-state index contributed by atoms with van der Waals surface area (Å²) >= 11 is 0. The SMILES string of the molecule is CCC(N)Cc1cccnc1N1CCC2CCCCC21. The molecule has 1 aliphatic heterocycles. The second-order valence-electron chi connectivity index (χ2n) is 6.45. The number of hydrogen-bond acceptors (Lipinski definition) is 3. The van der Waals surface area contributed by atoms with Crippen LogP contribution in [0.5, 0.6) is 0 Å². The summed E-state index contributed by atoms with van der Waals surface area (Å²) in [6, 6.07) is 5.25. The Hall–Kier alpha value is -1.09. The molecule has 0 aromatic carbocycles. The van der Waals surface area contributed by atoms with Gasteiger partial charge in [-0.15, -0.1) is 0 Å². The van der Waals surface area contributed by atoms with Crippen LogP contribution in [0.1, 0.15) is 51.0 Å². The summed E-state index contributed by atoms with van der Waals surface area (Å²) in [5, 5.41) is 0. The van der Waals surface area contributed by atoms with E-state index >= 15 is 0 Å². The first-order valence-electron chi connectivity index (χ1n) is 8.25. The molecule has 3 rings (SSSR count). The fourth-order valence-corrected chi connectivity index (χ4v) is 3.94. The lowest BCUT2D eigenvalue weighted by Gasteiger charge is -2.33. The van der Waals surface area contributed by atoms with Crippen LogP contribution in [0.4, 0.5) is 5.82 Å². The number of nitrogens with two attached hydrogens (primary N) is 1. The minimum Gasteiger partial charge on any atom is -0.353 e. The van der Waals surface area contributed by atoms with Crippen molar-refractivity contribution in [3.63, 3.8) is 0 Å². The summed E-state index contributed by atoms with van der Waals surface area (Å²) in [5.41, 5.74) is 7.50. The van der Waals surface area contributed by atoms with Crippen LogP contribution in [0.3, 0.4) is 0 Å². The van der Waals surface area contributed by atoms with Crippen molar-refractivity contribution in [1.82, 2.24) is 4.98 Å². The molecule has 0 amide bonds. The zero-order valence-corrected chi connectivity index (χ0v) is 12.6. The average molecular weight is 273 g/mol. The third kappa shape index (κ3) is 2.69. The Morgan fingerprint density at radius 1 is 1.35 bits per heavy atom. The molecule has 1 aliphatic carbocycles. The molecule has 110 valence electrons. The molecule has 1 saturated heterocycles. The zero-order valence-electron chi connectivity index (χ0n) is 12.6. The number of fused-ring (bicyclic) bond motifs is 1. The van der Waals surface area contributed by atoms with Gasteiger partial charge in [-0.2, -0.15) is 0 Å². The predicted molar refractivity (Wildman–Crippen MR) is 83.9 cm³/mol. The molecule has 2 aliphatic rings. The van der Waals surface area contributed by atoms with Crippen LogP contribution in [0.2, 0.25) is 0 Å². The van der Waals surface area contributed by atoms with Gasteiger partial charge >= 0.3 is 0 Å². The lowest BCUT2D eigenvalue weighted by Crippen LogP contribution is -2.36. The van der Waals surface area contributed by atoms with E-state index in [0.29, 0.717) is 0 Å². The molecule has 3 unspecified atom stereocenters. The lowest BCUT2D eigenvalue weighted by atomic mass is 9.85. The Bertz CT molecular complexity index is 446. The van der Waals surface area contributed by atoms with Gasteiger partial charge in [-0.1, -0.05) is 25.8 Å². The molecule has 0 radical (unpaired) electrons. The predicted octanol–water partition coefficient (Wildman–Crippen LogP) is 3.13. The van der Waals surface area contributed by atoms with Crippen molar-refractivity contribution >= 4 is 5.82 Å². The maximum atomic E-state index is 6.16. The number of nitrogens with zero attached hydrogens (tertiary/aromatic N) is 2. The van der Waals surface area contributed by atoms with E-state index < -0.39 is 0 Å². The normalized spacial score (nSPS) is 27.4. The van der Waals surface area contributed by atoms with Crippen molar-refractivity contribution < 1.29 is 0 Å². The van der Waals surface area contributed by atoms with Crippen molar-refractivity contribution in [1.29, 1.82) is 0 Å². The molecule has 0 bridgehead atoms. The van der Waals surface area contributed by atoms with E-state index in [1.807, 2.05) is 6.20 Å². The first-order valence-corrected chi connectivity index (χ1v) is 8.25. The first kappa shape index (κ1) is 13.9. The maximum absolute atomic E-state index is 6.16. The van der Waals surface area contributed by atoms with E-state index in [2.05, 4.69) is 24.0 Å². The molecule has 0 spiro atoms. The summed E-state index contributed by atoms with van der Waals surface area (Å²) in [6.07, 6.45) is 10.8. The first-order chi connectivity index (χ1) is 9.79. The van der Waals surface area contributed by atoms with E-state index in [1.165, 1.54) is 50.0 Å². The van der Waals surface area contributed by atoms with Gasteiger partial charge in [-0.25, -0.2) is 4.98 Å². The second-order valence-corrected chi connectivity index (χ2v) is 6.45. The van der Waals surface area contributed by atoms with Crippen molar-refractivity contribution in [3.05, 3.63) is 23.9 Å². The molecular formula is C17H27N3. The monoisotopic (exact) mass is 273 g/mol. The lowest BCUT2D eigenvalue weighted by molar-refractivity contribution is 0.341. The molecule has 1 saturated carbocycles. The third-order valence-electron chi connectivity index (χ3n) is 5.16. The molecule has 3 nitrogen and oxygen atoms in total. The highest BCUT2D eigenvalue weighted by Crippen LogP contribution is 2.39. The van der Waals surface area contributed by atoms with Gasteiger partial charge in [0.05, 0.1) is 0 Å². The van der Waals surface area contributed by atoms with Crippen molar-refractivity contribution in [3.8, 4) is 0 Å². The van der Waals surface area contributed by atoms with Gasteiger partial charge < -0.3 is 10.6 Å².